The van der Waals surface area contributed by atoms with Gasteiger partial charge in [-0.3, -0.25) is 0 Å². The molecule has 0 bridgehead atoms. The Bertz CT molecular complexity index is 255. The molecule has 0 radical (unpaired) electrons. The fraction of sp³-hybridized carbons (Fsp3) is 0.857. The Morgan fingerprint density at radius 2 is 1.93 bits per heavy atom. The van der Waals surface area contributed by atoms with Gasteiger partial charge in [-0.05, 0) is 0 Å². The van der Waals surface area contributed by atoms with E-state index in [0.29, 0.717) is 0 Å². The van der Waals surface area contributed by atoms with E-state index in [1.807, 2.05) is 0 Å². The monoisotopic (exact) mass is 207 g/mol. The molecule has 1 heterocycles. The first kappa shape index (κ1) is 11.3. The molecule has 1 saturated heterocycles. The largest absolute Gasteiger partial charge is 0.394 e. The molecule has 1 fully saturated rings. The van der Waals surface area contributed by atoms with E-state index in [-0.39, 0.29) is 0 Å². The van der Waals surface area contributed by atoms with Crippen LogP contribution in [0.25, 0.3) is 0 Å². The van der Waals surface area contributed by atoms with E-state index in [1.54, 1.807) is 0 Å². The van der Waals surface area contributed by atoms with Crippen LogP contribution in [0.1, 0.15) is 0 Å². The topological polar surface area (TPSA) is 114 Å². The number of aliphatic hydroxyl groups is 4. The lowest BCUT2D eigenvalue weighted by atomic mass is 9.94. The highest BCUT2D eigenvalue weighted by molar-refractivity contribution is 5.07. The quantitative estimate of drug-likeness (QED) is 0.383. The standard InChI is InChI=1S/C7H10FNO5/c8-7(2-9)6(13)5(12)4(11)3(1-10)14-7/h3-6,10-13H,1H2/t3-,4+,5+,6-,7-/m1/s1. The lowest BCUT2D eigenvalue weighted by molar-refractivity contribution is -0.295. The van der Waals surface area contributed by atoms with Gasteiger partial charge in [0, 0.05) is 0 Å². The number of hydrogen-bond donors (Lipinski definition) is 4. The Labute approximate surface area is 78.8 Å². The molecule has 0 saturated carbocycles. The number of halogens is 1. The van der Waals surface area contributed by atoms with E-state index in [2.05, 4.69) is 4.74 Å². The minimum atomic E-state index is -3.11. The Kier molecular flexibility index (Phi) is 3.04. The first-order chi connectivity index (χ1) is 6.46. The second kappa shape index (κ2) is 3.76. The van der Waals surface area contributed by atoms with Gasteiger partial charge in [0.05, 0.1) is 6.61 Å². The third-order valence-corrected chi connectivity index (χ3v) is 2.09. The van der Waals surface area contributed by atoms with Crippen molar-refractivity contribution in [2.75, 3.05) is 6.61 Å². The van der Waals surface area contributed by atoms with Crippen LogP contribution in [-0.4, -0.2) is 57.3 Å². The maximum absolute atomic E-state index is 13.3. The molecule has 1 aliphatic rings. The van der Waals surface area contributed by atoms with Crippen molar-refractivity contribution < 1.29 is 29.6 Å². The molecule has 80 valence electrons. The summed E-state index contributed by atoms with van der Waals surface area (Å²) in [6.07, 6.45) is -7.10. The van der Waals surface area contributed by atoms with Crippen LogP contribution in [0.5, 0.6) is 0 Å². The van der Waals surface area contributed by atoms with Crippen LogP contribution < -0.4 is 0 Å². The molecule has 0 spiro atoms. The first-order valence-electron chi connectivity index (χ1n) is 3.89. The zero-order valence-electron chi connectivity index (χ0n) is 7.04. The molecule has 0 aromatic heterocycles. The lowest BCUT2D eigenvalue weighted by Crippen LogP contribution is -2.62. The fourth-order valence-electron chi connectivity index (χ4n) is 1.22. The van der Waals surface area contributed by atoms with Gasteiger partial charge < -0.3 is 25.2 Å². The SMILES string of the molecule is N#C[C@@]1(F)O[C@H](CO)[C@H](O)[C@H](O)[C@H]1O. The Hall–Kier alpha value is -0.780. The molecule has 1 aliphatic heterocycles. The summed E-state index contributed by atoms with van der Waals surface area (Å²) in [4.78, 5) is 0. The molecule has 1 rings (SSSR count). The molecule has 4 N–H and O–H groups in total. The second-order valence-electron chi connectivity index (χ2n) is 3.02. The van der Waals surface area contributed by atoms with Crippen molar-refractivity contribution >= 4 is 0 Å². The van der Waals surface area contributed by atoms with Crippen LogP contribution in [0.3, 0.4) is 0 Å². The smallest absolute Gasteiger partial charge is 0.326 e. The number of ether oxygens (including phenoxy) is 1. The predicted molar refractivity (Wildman–Crippen MR) is 39.4 cm³/mol. The molecule has 0 amide bonds. The highest BCUT2D eigenvalue weighted by Gasteiger charge is 2.54. The van der Waals surface area contributed by atoms with Gasteiger partial charge in [0.15, 0.2) is 6.10 Å². The summed E-state index contributed by atoms with van der Waals surface area (Å²) in [5, 5.41) is 44.4. The molecular weight excluding hydrogens is 197 g/mol. The van der Waals surface area contributed by atoms with E-state index < -0.39 is 36.9 Å². The summed E-state index contributed by atoms with van der Waals surface area (Å²) in [6.45, 7) is -0.766. The minimum Gasteiger partial charge on any atom is -0.394 e. The highest BCUT2D eigenvalue weighted by atomic mass is 19.2. The number of hydrogen-bond acceptors (Lipinski definition) is 6. The normalized spacial score (nSPS) is 48.6. The molecule has 0 unspecified atom stereocenters. The van der Waals surface area contributed by atoms with Crippen molar-refractivity contribution in [1.82, 2.24) is 0 Å². The van der Waals surface area contributed by atoms with E-state index in [4.69, 9.17) is 25.7 Å². The molecule has 7 heteroatoms. The van der Waals surface area contributed by atoms with Crippen molar-refractivity contribution in [3.8, 4) is 6.07 Å². The summed E-state index contributed by atoms with van der Waals surface area (Å²) in [5.74, 6) is -3.11. The predicted octanol–water partition coefficient (Wildman–Crippen LogP) is -2.35. The maximum Gasteiger partial charge on any atom is 0.326 e. The summed E-state index contributed by atoms with van der Waals surface area (Å²) >= 11 is 0. The van der Waals surface area contributed by atoms with Crippen molar-refractivity contribution in [2.24, 2.45) is 0 Å². The Morgan fingerprint density at radius 3 is 2.36 bits per heavy atom. The number of alkyl halides is 1. The van der Waals surface area contributed by atoms with Crippen LogP contribution in [0.2, 0.25) is 0 Å². The van der Waals surface area contributed by atoms with E-state index in [9.17, 15) is 4.39 Å². The number of aliphatic hydroxyl groups excluding tert-OH is 4. The number of rotatable bonds is 1. The molecule has 14 heavy (non-hydrogen) atoms. The van der Waals surface area contributed by atoms with E-state index >= 15 is 0 Å². The van der Waals surface area contributed by atoms with Crippen molar-refractivity contribution in [1.29, 1.82) is 5.26 Å². The summed E-state index contributed by atoms with van der Waals surface area (Å²) in [7, 11) is 0. The molecule has 0 aromatic carbocycles. The third kappa shape index (κ3) is 1.58. The third-order valence-electron chi connectivity index (χ3n) is 2.09. The van der Waals surface area contributed by atoms with Gasteiger partial charge in [0.2, 0.25) is 0 Å². The fourth-order valence-corrected chi connectivity index (χ4v) is 1.22. The lowest BCUT2D eigenvalue weighted by Gasteiger charge is -2.40. The molecule has 6 nitrogen and oxygen atoms in total. The van der Waals surface area contributed by atoms with Gasteiger partial charge in [-0.25, -0.2) is 0 Å². The van der Waals surface area contributed by atoms with Gasteiger partial charge in [0.1, 0.15) is 24.4 Å². The second-order valence-corrected chi connectivity index (χ2v) is 3.02. The molecular formula is C7H10FNO5. The van der Waals surface area contributed by atoms with Crippen LogP contribution in [-0.2, 0) is 4.74 Å². The number of nitrogens with zero attached hydrogens (tertiary/aromatic N) is 1. The first-order valence-corrected chi connectivity index (χ1v) is 3.89. The van der Waals surface area contributed by atoms with Gasteiger partial charge in [-0.1, -0.05) is 0 Å². The van der Waals surface area contributed by atoms with Crippen LogP contribution in [0, 0.1) is 11.3 Å². The Morgan fingerprint density at radius 1 is 1.36 bits per heavy atom. The zero-order chi connectivity index (χ0) is 10.9. The van der Waals surface area contributed by atoms with Gasteiger partial charge in [-0.2, -0.15) is 9.65 Å². The van der Waals surface area contributed by atoms with Crippen LogP contribution in [0.15, 0.2) is 0 Å². The minimum absolute atomic E-state index is 0.766. The van der Waals surface area contributed by atoms with Crippen LogP contribution >= 0.6 is 0 Å². The van der Waals surface area contributed by atoms with Crippen molar-refractivity contribution in [2.45, 2.75) is 30.3 Å². The van der Waals surface area contributed by atoms with Crippen molar-refractivity contribution in [3.05, 3.63) is 0 Å². The van der Waals surface area contributed by atoms with E-state index in [1.165, 1.54) is 0 Å². The summed E-state index contributed by atoms with van der Waals surface area (Å²) < 4.78 is 17.7. The van der Waals surface area contributed by atoms with Gasteiger partial charge in [-0.15, -0.1) is 0 Å². The van der Waals surface area contributed by atoms with Gasteiger partial charge >= 0.3 is 5.85 Å². The zero-order valence-corrected chi connectivity index (χ0v) is 7.04. The number of nitriles is 1. The maximum atomic E-state index is 13.3. The Balaban J connectivity index is 2.91. The molecule has 0 aromatic rings. The summed E-state index contributed by atoms with van der Waals surface area (Å²) in [6, 6.07) is 1.02. The van der Waals surface area contributed by atoms with Gasteiger partial charge in [0.25, 0.3) is 0 Å². The highest BCUT2D eigenvalue weighted by Crippen LogP contribution is 2.30. The molecule has 5 atom stereocenters. The van der Waals surface area contributed by atoms with Crippen LogP contribution in [0.4, 0.5) is 4.39 Å². The molecule has 0 aliphatic carbocycles. The summed E-state index contributed by atoms with van der Waals surface area (Å²) in [5.41, 5.74) is 0. The average molecular weight is 207 g/mol. The van der Waals surface area contributed by atoms with E-state index in [0.717, 1.165) is 6.07 Å². The average Bonchev–Trinajstić information content (AvgIpc) is 2.20. The van der Waals surface area contributed by atoms with Crippen molar-refractivity contribution in [3.63, 3.8) is 0 Å².